The minimum Gasteiger partial charge on any atom is -0.351 e. The maximum Gasteiger partial charge on any atom is 0.251 e. The molecule has 1 N–H and O–H groups in total. The summed E-state index contributed by atoms with van der Waals surface area (Å²) in [4.78, 5) is 11.7. The second-order valence-corrected chi connectivity index (χ2v) is 5.78. The van der Waals surface area contributed by atoms with Crippen molar-refractivity contribution in [1.29, 1.82) is 0 Å². The first-order chi connectivity index (χ1) is 7.92. The van der Waals surface area contributed by atoms with Crippen LogP contribution in [0.4, 0.5) is 8.78 Å². The van der Waals surface area contributed by atoms with Crippen molar-refractivity contribution >= 4 is 21.8 Å². The van der Waals surface area contributed by atoms with E-state index in [0.29, 0.717) is 12.1 Å². The van der Waals surface area contributed by atoms with Crippen molar-refractivity contribution in [1.82, 2.24) is 5.32 Å². The van der Waals surface area contributed by atoms with Gasteiger partial charge in [0, 0.05) is 34.8 Å². The van der Waals surface area contributed by atoms with Gasteiger partial charge < -0.3 is 5.32 Å². The van der Waals surface area contributed by atoms with E-state index in [9.17, 15) is 13.6 Å². The van der Waals surface area contributed by atoms with E-state index in [1.54, 1.807) is 18.2 Å². The summed E-state index contributed by atoms with van der Waals surface area (Å²) in [5, 5.41) is 2.70. The Kier molecular flexibility index (Phi) is 2.15. The SMILES string of the molecule is O=C1NCC2(CC(F)(F)C2)c2ccc(Br)cc21. The molecule has 0 saturated heterocycles. The molecule has 2 nitrogen and oxygen atoms in total. The van der Waals surface area contributed by atoms with Crippen molar-refractivity contribution in [3.8, 4) is 0 Å². The van der Waals surface area contributed by atoms with Crippen LogP contribution in [0.1, 0.15) is 28.8 Å². The van der Waals surface area contributed by atoms with Gasteiger partial charge in [0.05, 0.1) is 0 Å². The molecule has 1 aliphatic carbocycles. The van der Waals surface area contributed by atoms with Crippen LogP contribution < -0.4 is 5.32 Å². The molecule has 5 heteroatoms. The van der Waals surface area contributed by atoms with E-state index in [1.165, 1.54) is 0 Å². The van der Waals surface area contributed by atoms with Gasteiger partial charge in [-0.1, -0.05) is 22.0 Å². The fourth-order valence-electron chi connectivity index (χ4n) is 2.86. The zero-order valence-electron chi connectivity index (χ0n) is 8.90. The molecular weight excluding hydrogens is 292 g/mol. The molecule has 2 aliphatic rings. The van der Waals surface area contributed by atoms with Crippen LogP contribution in [0.25, 0.3) is 0 Å². The first-order valence-corrected chi connectivity index (χ1v) is 6.17. The topological polar surface area (TPSA) is 29.1 Å². The number of rotatable bonds is 0. The minimum absolute atomic E-state index is 0.172. The van der Waals surface area contributed by atoms with Crippen LogP contribution >= 0.6 is 15.9 Å². The normalized spacial score (nSPS) is 23.8. The predicted molar refractivity (Wildman–Crippen MR) is 62.3 cm³/mol. The molecule has 0 aromatic heterocycles. The standard InChI is InChI=1S/C12H10BrF2NO/c13-7-1-2-9-8(3-7)10(17)16-6-11(9)4-12(14,15)5-11/h1-3H,4-6H2,(H,16,17). The zero-order valence-corrected chi connectivity index (χ0v) is 10.5. The Morgan fingerprint density at radius 3 is 2.65 bits per heavy atom. The molecule has 1 aromatic carbocycles. The van der Waals surface area contributed by atoms with Crippen LogP contribution in [0, 0.1) is 0 Å². The maximum atomic E-state index is 13.1. The van der Waals surface area contributed by atoms with Crippen LogP contribution in [-0.2, 0) is 5.41 Å². The number of halogens is 3. The van der Waals surface area contributed by atoms with Gasteiger partial charge in [-0.25, -0.2) is 8.78 Å². The van der Waals surface area contributed by atoms with Gasteiger partial charge in [-0.3, -0.25) is 4.79 Å². The first kappa shape index (κ1) is 11.1. The van der Waals surface area contributed by atoms with Gasteiger partial charge in [-0.15, -0.1) is 0 Å². The van der Waals surface area contributed by atoms with Gasteiger partial charge >= 0.3 is 0 Å². The van der Waals surface area contributed by atoms with E-state index >= 15 is 0 Å². The molecule has 1 amide bonds. The lowest BCUT2D eigenvalue weighted by molar-refractivity contribution is -0.126. The minimum atomic E-state index is -2.59. The van der Waals surface area contributed by atoms with Gasteiger partial charge in [-0.05, 0) is 17.7 Å². The number of fused-ring (bicyclic) bond motifs is 2. The lowest BCUT2D eigenvalue weighted by Gasteiger charge is -2.50. The van der Waals surface area contributed by atoms with Gasteiger partial charge in [0.2, 0.25) is 5.92 Å². The maximum absolute atomic E-state index is 13.1. The van der Waals surface area contributed by atoms with Crippen molar-refractivity contribution in [2.24, 2.45) is 0 Å². The van der Waals surface area contributed by atoms with E-state index < -0.39 is 11.3 Å². The Labute approximate surface area is 106 Å². The third-order valence-corrected chi connectivity index (χ3v) is 4.07. The number of benzene rings is 1. The number of alkyl halides is 2. The Morgan fingerprint density at radius 2 is 2.00 bits per heavy atom. The monoisotopic (exact) mass is 301 g/mol. The quantitative estimate of drug-likeness (QED) is 0.784. The number of nitrogens with one attached hydrogen (secondary N) is 1. The second kappa shape index (κ2) is 3.28. The number of hydrogen-bond donors (Lipinski definition) is 1. The van der Waals surface area contributed by atoms with Crippen molar-refractivity contribution in [2.45, 2.75) is 24.2 Å². The fourth-order valence-corrected chi connectivity index (χ4v) is 3.22. The molecule has 0 bridgehead atoms. The smallest absolute Gasteiger partial charge is 0.251 e. The third kappa shape index (κ3) is 1.59. The van der Waals surface area contributed by atoms with Crippen LogP contribution in [0.5, 0.6) is 0 Å². The van der Waals surface area contributed by atoms with Crippen LogP contribution in [0.15, 0.2) is 22.7 Å². The molecule has 90 valence electrons. The molecule has 1 heterocycles. The number of carbonyl (C=O) groups excluding carboxylic acids is 1. The van der Waals surface area contributed by atoms with Crippen LogP contribution in [0.2, 0.25) is 0 Å². The highest BCUT2D eigenvalue weighted by Crippen LogP contribution is 2.54. The number of carbonyl (C=O) groups is 1. The van der Waals surface area contributed by atoms with E-state index in [2.05, 4.69) is 21.2 Å². The average molecular weight is 302 g/mol. The summed E-state index contributed by atoms with van der Waals surface area (Å²) in [5.41, 5.74) is 0.712. The summed E-state index contributed by atoms with van der Waals surface area (Å²) in [6, 6.07) is 5.28. The predicted octanol–water partition coefficient (Wildman–Crippen LogP) is 2.86. The van der Waals surface area contributed by atoms with Crippen LogP contribution in [-0.4, -0.2) is 18.4 Å². The Morgan fingerprint density at radius 1 is 1.29 bits per heavy atom. The highest BCUT2D eigenvalue weighted by atomic mass is 79.9. The highest BCUT2D eigenvalue weighted by Gasteiger charge is 2.59. The summed E-state index contributed by atoms with van der Waals surface area (Å²) < 4.78 is 27.0. The summed E-state index contributed by atoms with van der Waals surface area (Å²) >= 11 is 3.29. The van der Waals surface area contributed by atoms with Crippen molar-refractivity contribution in [2.75, 3.05) is 6.54 Å². The molecule has 1 fully saturated rings. The molecule has 0 atom stereocenters. The van der Waals surface area contributed by atoms with Crippen molar-refractivity contribution in [3.63, 3.8) is 0 Å². The molecular formula is C12H10BrF2NO. The van der Waals surface area contributed by atoms with Gasteiger partial charge in [-0.2, -0.15) is 0 Å². The number of amides is 1. The molecule has 1 spiro atoms. The van der Waals surface area contributed by atoms with Gasteiger partial charge in [0.25, 0.3) is 5.91 Å². The first-order valence-electron chi connectivity index (χ1n) is 5.38. The Hall–Kier alpha value is -0.970. The Bertz CT molecular complexity index is 507. The van der Waals surface area contributed by atoms with Crippen molar-refractivity contribution < 1.29 is 13.6 Å². The number of hydrogen-bond acceptors (Lipinski definition) is 1. The third-order valence-electron chi connectivity index (χ3n) is 3.58. The molecule has 17 heavy (non-hydrogen) atoms. The summed E-state index contributed by atoms with van der Waals surface area (Å²) in [6.45, 7) is 0.316. The largest absolute Gasteiger partial charge is 0.351 e. The molecule has 0 radical (unpaired) electrons. The Balaban J connectivity index is 2.08. The lowest BCUT2D eigenvalue weighted by Crippen LogP contribution is -2.58. The zero-order chi connectivity index (χ0) is 12.3. The second-order valence-electron chi connectivity index (χ2n) is 4.86. The molecule has 0 unspecified atom stereocenters. The summed E-state index contributed by atoms with van der Waals surface area (Å²) in [5.74, 6) is -2.77. The van der Waals surface area contributed by atoms with E-state index in [1.807, 2.05) is 0 Å². The fraction of sp³-hybridized carbons (Fsp3) is 0.417. The molecule has 1 aromatic rings. The van der Waals surface area contributed by atoms with E-state index in [4.69, 9.17) is 0 Å². The summed E-state index contributed by atoms with van der Waals surface area (Å²) in [7, 11) is 0. The van der Waals surface area contributed by atoms with Crippen LogP contribution in [0.3, 0.4) is 0 Å². The van der Waals surface area contributed by atoms with E-state index in [-0.39, 0.29) is 18.7 Å². The lowest BCUT2D eigenvalue weighted by atomic mass is 9.60. The van der Waals surface area contributed by atoms with Crippen molar-refractivity contribution in [3.05, 3.63) is 33.8 Å². The highest BCUT2D eigenvalue weighted by molar-refractivity contribution is 9.10. The van der Waals surface area contributed by atoms with E-state index in [0.717, 1.165) is 10.0 Å². The molecule has 3 rings (SSSR count). The average Bonchev–Trinajstić information content (AvgIpc) is 2.21. The van der Waals surface area contributed by atoms with Gasteiger partial charge in [0.1, 0.15) is 0 Å². The molecule has 1 aliphatic heterocycles. The summed E-state index contributed by atoms with van der Waals surface area (Å²) in [6.07, 6.45) is -0.343. The van der Waals surface area contributed by atoms with Gasteiger partial charge in [0.15, 0.2) is 0 Å². The molecule has 1 saturated carbocycles.